The first kappa shape index (κ1) is 15.7. The minimum Gasteiger partial charge on any atom is -0.478 e. The van der Waals surface area contributed by atoms with Crippen molar-refractivity contribution in [2.24, 2.45) is 0 Å². The Morgan fingerprint density at radius 3 is 2.89 bits per heavy atom. The van der Waals surface area contributed by atoms with Crippen LogP contribution in [0.2, 0.25) is 0 Å². The van der Waals surface area contributed by atoms with Gasteiger partial charge in [0.2, 0.25) is 0 Å². The maximum Gasteiger partial charge on any atom is 0.328 e. The molecule has 0 aromatic heterocycles. The molecule has 4 nitrogen and oxygen atoms in total. The lowest BCUT2D eigenvalue weighted by molar-refractivity contribution is -0.131. The van der Waals surface area contributed by atoms with Crippen LogP contribution in [-0.2, 0) is 9.53 Å². The third-order valence-electron chi connectivity index (χ3n) is 2.58. The monoisotopic (exact) mass is 327 g/mol. The molecule has 0 spiro atoms. The Hall–Kier alpha value is -1.33. The number of nitrogens with zero attached hydrogens (tertiary/aromatic N) is 1. The molecule has 0 saturated carbocycles. The van der Waals surface area contributed by atoms with Crippen LogP contribution < -0.4 is 4.90 Å². The van der Waals surface area contributed by atoms with Crippen LogP contribution in [0, 0.1) is 0 Å². The van der Waals surface area contributed by atoms with Gasteiger partial charge in [0.15, 0.2) is 0 Å². The molecule has 1 N–H and O–H groups in total. The average molecular weight is 328 g/mol. The number of ether oxygens (including phenoxy) is 1. The summed E-state index contributed by atoms with van der Waals surface area (Å²) in [6, 6.07) is 5.79. The zero-order valence-electron chi connectivity index (χ0n) is 11.1. The van der Waals surface area contributed by atoms with Gasteiger partial charge >= 0.3 is 5.97 Å². The Morgan fingerprint density at radius 2 is 2.26 bits per heavy atom. The molecule has 0 aliphatic rings. The number of rotatable bonds is 7. The summed E-state index contributed by atoms with van der Waals surface area (Å²) < 4.78 is 6.24. The average Bonchev–Trinajstić information content (AvgIpc) is 2.36. The van der Waals surface area contributed by atoms with E-state index in [1.54, 1.807) is 6.08 Å². The molecular weight excluding hydrogens is 310 g/mol. The summed E-state index contributed by atoms with van der Waals surface area (Å²) in [5, 5.41) is 8.71. The summed E-state index contributed by atoms with van der Waals surface area (Å²) in [7, 11) is 1.96. The topological polar surface area (TPSA) is 49.8 Å². The minimum atomic E-state index is -0.956. The molecule has 0 aliphatic carbocycles. The van der Waals surface area contributed by atoms with Gasteiger partial charge in [0.25, 0.3) is 0 Å². The van der Waals surface area contributed by atoms with Crippen molar-refractivity contribution in [3.63, 3.8) is 0 Å². The fourth-order valence-corrected chi connectivity index (χ4v) is 2.01. The number of halogens is 1. The van der Waals surface area contributed by atoms with Gasteiger partial charge in [0, 0.05) is 36.4 Å². The SMILES string of the molecule is CCOCCN(C)c1ccc(Br)cc1/C=C/C(=O)O. The van der Waals surface area contributed by atoms with Crippen molar-refractivity contribution >= 4 is 33.7 Å². The summed E-state index contributed by atoms with van der Waals surface area (Å²) in [6.45, 7) is 4.05. The maximum absolute atomic E-state index is 10.6. The van der Waals surface area contributed by atoms with Gasteiger partial charge in [-0.05, 0) is 36.8 Å². The van der Waals surface area contributed by atoms with Gasteiger partial charge in [-0.15, -0.1) is 0 Å². The molecule has 104 valence electrons. The summed E-state index contributed by atoms with van der Waals surface area (Å²) in [4.78, 5) is 12.7. The molecular formula is C14H18BrNO3. The highest BCUT2D eigenvalue weighted by Gasteiger charge is 2.06. The van der Waals surface area contributed by atoms with E-state index >= 15 is 0 Å². The van der Waals surface area contributed by atoms with Crippen molar-refractivity contribution in [2.75, 3.05) is 31.7 Å². The van der Waals surface area contributed by atoms with Gasteiger partial charge in [-0.25, -0.2) is 4.79 Å². The standard InChI is InChI=1S/C14H18BrNO3/c1-3-19-9-8-16(2)13-6-5-12(15)10-11(13)4-7-14(17)18/h4-7,10H,3,8-9H2,1-2H3,(H,17,18)/b7-4+. The van der Waals surface area contributed by atoms with E-state index in [2.05, 4.69) is 15.9 Å². The Kier molecular flexibility index (Phi) is 6.59. The van der Waals surface area contributed by atoms with E-state index in [9.17, 15) is 4.79 Å². The number of anilines is 1. The van der Waals surface area contributed by atoms with E-state index in [0.29, 0.717) is 13.2 Å². The van der Waals surface area contributed by atoms with Crippen LogP contribution in [0.15, 0.2) is 28.7 Å². The first-order chi connectivity index (χ1) is 9.04. The van der Waals surface area contributed by atoms with Crippen LogP contribution in [0.5, 0.6) is 0 Å². The van der Waals surface area contributed by atoms with Gasteiger partial charge < -0.3 is 14.7 Å². The molecule has 1 aromatic carbocycles. The zero-order valence-corrected chi connectivity index (χ0v) is 12.7. The number of hydrogen-bond acceptors (Lipinski definition) is 3. The largest absolute Gasteiger partial charge is 0.478 e. The number of aliphatic carboxylic acids is 1. The summed E-state index contributed by atoms with van der Waals surface area (Å²) in [5.41, 5.74) is 1.83. The van der Waals surface area contributed by atoms with E-state index < -0.39 is 5.97 Å². The highest BCUT2D eigenvalue weighted by molar-refractivity contribution is 9.10. The molecule has 0 heterocycles. The van der Waals surface area contributed by atoms with Crippen LogP contribution >= 0.6 is 15.9 Å². The van der Waals surface area contributed by atoms with Gasteiger partial charge in [-0.3, -0.25) is 0 Å². The number of likely N-dealkylation sites (N-methyl/N-ethyl adjacent to an activating group) is 1. The summed E-state index contributed by atoms with van der Waals surface area (Å²) in [6.07, 6.45) is 2.74. The molecule has 0 amide bonds. The van der Waals surface area contributed by atoms with E-state index in [4.69, 9.17) is 9.84 Å². The zero-order chi connectivity index (χ0) is 14.3. The van der Waals surface area contributed by atoms with Gasteiger partial charge in [0.1, 0.15) is 0 Å². The number of carboxylic acids is 1. The normalized spacial score (nSPS) is 10.9. The number of carboxylic acid groups (broad SMARTS) is 1. The van der Waals surface area contributed by atoms with E-state index in [1.165, 1.54) is 0 Å². The number of benzene rings is 1. The van der Waals surface area contributed by atoms with Gasteiger partial charge in [-0.1, -0.05) is 15.9 Å². The number of carbonyl (C=O) groups is 1. The second-order valence-electron chi connectivity index (χ2n) is 3.99. The van der Waals surface area contributed by atoms with Crippen LogP contribution in [0.1, 0.15) is 12.5 Å². The molecule has 0 unspecified atom stereocenters. The van der Waals surface area contributed by atoms with E-state index in [-0.39, 0.29) is 0 Å². The van der Waals surface area contributed by atoms with Crippen LogP contribution in [0.25, 0.3) is 6.08 Å². The second-order valence-corrected chi connectivity index (χ2v) is 4.91. The molecule has 0 bridgehead atoms. The quantitative estimate of drug-likeness (QED) is 0.617. The highest BCUT2D eigenvalue weighted by Crippen LogP contribution is 2.25. The maximum atomic E-state index is 10.6. The first-order valence-corrected chi connectivity index (χ1v) is 6.83. The summed E-state index contributed by atoms with van der Waals surface area (Å²) in [5.74, 6) is -0.956. The molecule has 0 saturated heterocycles. The highest BCUT2D eigenvalue weighted by atomic mass is 79.9. The Balaban J connectivity index is 2.89. The van der Waals surface area contributed by atoms with Crippen LogP contribution in [0.4, 0.5) is 5.69 Å². The molecule has 1 rings (SSSR count). The predicted octanol–water partition coefficient (Wildman–Crippen LogP) is 3.02. The lowest BCUT2D eigenvalue weighted by Crippen LogP contribution is -2.23. The van der Waals surface area contributed by atoms with Gasteiger partial charge in [0.05, 0.1) is 6.61 Å². The Bertz CT molecular complexity index is 460. The fraction of sp³-hybridized carbons (Fsp3) is 0.357. The number of hydrogen-bond donors (Lipinski definition) is 1. The molecule has 19 heavy (non-hydrogen) atoms. The van der Waals surface area contributed by atoms with Crippen molar-refractivity contribution in [3.8, 4) is 0 Å². The van der Waals surface area contributed by atoms with Crippen LogP contribution in [-0.4, -0.2) is 37.9 Å². The van der Waals surface area contributed by atoms with Crippen LogP contribution in [0.3, 0.4) is 0 Å². The smallest absolute Gasteiger partial charge is 0.328 e. The molecule has 0 fully saturated rings. The predicted molar refractivity (Wildman–Crippen MR) is 80.6 cm³/mol. The summed E-state index contributed by atoms with van der Waals surface area (Å²) >= 11 is 3.39. The lowest BCUT2D eigenvalue weighted by atomic mass is 10.1. The third kappa shape index (κ3) is 5.44. The molecule has 0 radical (unpaired) electrons. The molecule has 0 atom stereocenters. The van der Waals surface area contributed by atoms with Crippen molar-refractivity contribution in [2.45, 2.75) is 6.92 Å². The Labute approximate surface area is 121 Å². The van der Waals surface area contributed by atoms with Crippen molar-refractivity contribution in [1.82, 2.24) is 0 Å². The van der Waals surface area contributed by atoms with E-state index in [1.807, 2.05) is 37.1 Å². The third-order valence-corrected chi connectivity index (χ3v) is 3.07. The lowest BCUT2D eigenvalue weighted by Gasteiger charge is -2.21. The molecule has 1 aromatic rings. The van der Waals surface area contributed by atoms with Crippen molar-refractivity contribution in [3.05, 3.63) is 34.3 Å². The van der Waals surface area contributed by atoms with E-state index in [0.717, 1.165) is 28.3 Å². The van der Waals surface area contributed by atoms with Crippen molar-refractivity contribution in [1.29, 1.82) is 0 Å². The second kappa shape index (κ2) is 7.96. The minimum absolute atomic E-state index is 0.644. The fourth-order valence-electron chi connectivity index (χ4n) is 1.63. The molecule has 5 heteroatoms. The Morgan fingerprint density at radius 1 is 1.53 bits per heavy atom. The van der Waals surface area contributed by atoms with Gasteiger partial charge in [-0.2, -0.15) is 0 Å². The first-order valence-electron chi connectivity index (χ1n) is 6.04. The van der Waals surface area contributed by atoms with Crippen molar-refractivity contribution < 1.29 is 14.6 Å². The molecule has 0 aliphatic heterocycles.